The van der Waals surface area contributed by atoms with Gasteiger partial charge >= 0.3 is 0 Å². The van der Waals surface area contributed by atoms with Crippen LogP contribution in [0.5, 0.6) is 0 Å². The zero-order valence-corrected chi connectivity index (χ0v) is 14.0. The van der Waals surface area contributed by atoms with Crippen molar-refractivity contribution >= 4 is 15.7 Å². The lowest BCUT2D eigenvalue weighted by Gasteiger charge is -2.08. The van der Waals surface area contributed by atoms with Crippen molar-refractivity contribution in [1.82, 2.24) is 5.32 Å². The van der Waals surface area contributed by atoms with E-state index in [-0.39, 0.29) is 16.6 Å². The van der Waals surface area contributed by atoms with Crippen LogP contribution in [0.25, 0.3) is 0 Å². The second-order valence-corrected chi connectivity index (χ2v) is 7.37. The van der Waals surface area contributed by atoms with Crippen LogP contribution < -0.4 is 5.32 Å². The van der Waals surface area contributed by atoms with E-state index in [9.17, 15) is 13.2 Å². The summed E-state index contributed by atoms with van der Waals surface area (Å²) in [6.07, 6.45) is 1.93. The summed E-state index contributed by atoms with van der Waals surface area (Å²) in [6, 6.07) is 15.1. The molecule has 0 aliphatic carbocycles. The van der Waals surface area contributed by atoms with Gasteiger partial charge in [0.2, 0.25) is 0 Å². The van der Waals surface area contributed by atoms with E-state index in [4.69, 9.17) is 0 Å². The molecule has 0 radical (unpaired) electrons. The maximum atomic E-state index is 12.4. The molecule has 0 saturated heterocycles. The highest BCUT2D eigenvalue weighted by Crippen LogP contribution is 2.17. The van der Waals surface area contributed by atoms with Crippen molar-refractivity contribution in [2.45, 2.75) is 30.4 Å². The molecule has 0 aliphatic heterocycles. The topological polar surface area (TPSA) is 63.2 Å². The fraction of sp³-hybridized carbons (Fsp3) is 0.278. The summed E-state index contributed by atoms with van der Waals surface area (Å²) in [6.45, 7) is 2.68. The number of hydrogen-bond donors (Lipinski definition) is 1. The molecule has 2 aromatic rings. The van der Waals surface area contributed by atoms with Crippen LogP contribution in [0.3, 0.4) is 0 Å². The van der Waals surface area contributed by atoms with E-state index < -0.39 is 9.84 Å². The second kappa shape index (κ2) is 7.92. The molecule has 0 saturated carbocycles. The lowest BCUT2D eigenvalue weighted by molar-refractivity contribution is 0.0953. The van der Waals surface area contributed by atoms with Crippen LogP contribution in [0.1, 0.15) is 35.7 Å². The quantitative estimate of drug-likeness (QED) is 0.793. The predicted molar refractivity (Wildman–Crippen MR) is 91.0 cm³/mol. The van der Waals surface area contributed by atoms with E-state index in [1.165, 1.54) is 0 Å². The van der Waals surface area contributed by atoms with E-state index in [1.807, 2.05) is 0 Å². The maximum absolute atomic E-state index is 12.4. The molecule has 0 fully saturated rings. The Morgan fingerprint density at radius 3 is 2.48 bits per heavy atom. The Hall–Kier alpha value is -2.14. The molecule has 0 spiro atoms. The average Bonchev–Trinajstić information content (AvgIpc) is 2.55. The number of carbonyl (C=O) groups excluding carboxylic acids is 1. The van der Waals surface area contributed by atoms with Gasteiger partial charge in [-0.3, -0.25) is 4.79 Å². The van der Waals surface area contributed by atoms with Gasteiger partial charge in [0, 0.05) is 12.1 Å². The molecule has 2 rings (SSSR count). The summed E-state index contributed by atoms with van der Waals surface area (Å²) >= 11 is 0. The number of hydrogen-bond acceptors (Lipinski definition) is 3. The van der Waals surface area contributed by atoms with E-state index in [1.54, 1.807) is 54.6 Å². The van der Waals surface area contributed by atoms with Crippen LogP contribution in [-0.2, 0) is 15.6 Å². The van der Waals surface area contributed by atoms with Crippen molar-refractivity contribution in [3.05, 3.63) is 65.7 Å². The van der Waals surface area contributed by atoms with Gasteiger partial charge in [-0.05, 0) is 36.2 Å². The van der Waals surface area contributed by atoms with Crippen molar-refractivity contribution in [3.8, 4) is 0 Å². The molecule has 4 nitrogen and oxygen atoms in total. The first-order chi connectivity index (χ1) is 11.0. The number of nitrogens with one attached hydrogen (secondary N) is 1. The molecule has 23 heavy (non-hydrogen) atoms. The minimum absolute atomic E-state index is 0.118. The molecule has 0 aromatic heterocycles. The van der Waals surface area contributed by atoms with Gasteiger partial charge in [-0.2, -0.15) is 0 Å². The zero-order valence-electron chi connectivity index (χ0n) is 13.2. The number of sulfone groups is 1. The second-order valence-electron chi connectivity index (χ2n) is 5.38. The number of unbranched alkanes of at least 4 members (excludes halogenated alkanes) is 1. The van der Waals surface area contributed by atoms with Gasteiger partial charge < -0.3 is 5.32 Å². The largest absolute Gasteiger partial charge is 0.352 e. The van der Waals surface area contributed by atoms with Crippen molar-refractivity contribution in [2.75, 3.05) is 6.54 Å². The summed E-state index contributed by atoms with van der Waals surface area (Å²) < 4.78 is 24.8. The Balaban J connectivity index is 2.12. The molecular formula is C18H21NO3S. The normalized spacial score (nSPS) is 11.2. The first-order valence-electron chi connectivity index (χ1n) is 7.68. The van der Waals surface area contributed by atoms with Crippen LogP contribution in [0.4, 0.5) is 0 Å². The minimum Gasteiger partial charge on any atom is -0.352 e. The van der Waals surface area contributed by atoms with Crippen LogP contribution in [0.15, 0.2) is 59.5 Å². The highest BCUT2D eigenvalue weighted by Gasteiger charge is 2.15. The Morgan fingerprint density at radius 2 is 1.78 bits per heavy atom. The Morgan fingerprint density at radius 1 is 1.04 bits per heavy atom. The Kier molecular flexibility index (Phi) is 5.93. The summed E-state index contributed by atoms with van der Waals surface area (Å²) in [5, 5.41) is 2.83. The molecule has 1 amide bonds. The molecule has 0 atom stereocenters. The summed E-state index contributed by atoms with van der Waals surface area (Å²) in [7, 11) is -3.41. The first kappa shape index (κ1) is 17.2. The van der Waals surface area contributed by atoms with Crippen molar-refractivity contribution in [1.29, 1.82) is 0 Å². The zero-order chi connectivity index (χ0) is 16.7. The lowest BCUT2D eigenvalue weighted by Crippen LogP contribution is -2.24. The number of benzene rings is 2. The average molecular weight is 331 g/mol. The summed E-state index contributed by atoms with van der Waals surface area (Å²) in [5.74, 6) is -0.287. The minimum atomic E-state index is -3.41. The fourth-order valence-corrected chi connectivity index (χ4v) is 3.57. The molecule has 0 bridgehead atoms. The third kappa shape index (κ3) is 4.93. The molecule has 0 unspecified atom stereocenters. The van der Waals surface area contributed by atoms with Gasteiger partial charge in [-0.15, -0.1) is 0 Å². The standard InChI is InChI=1S/C18H21NO3S/c1-2-3-12-19-18(20)16-9-7-8-15(13-16)14-23(21,22)17-10-5-4-6-11-17/h4-11,13H,2-3,12,14H2,1H3,(H,19,20). The highest BCUT2D eigenvalue weighted by atomic mass is 32.2. The number of carbonyl (C=O) groups is 1. The number of rotatable bonds is 7. The van der Waals surface area contributed by atoms with Crippen molar-refractivity contribution in [3.63, 3.8) is 0 Å². The monoisotopic (exact) mass is 331 g/mol. The van der Waals surface area contributed by atoms with Gasteiger partial charge in [0.15, 0.2) is 9.84 Å². The van der Waals surface area contributed by atoms with E-state index in [0.29, 0.717) is 17.7 Å². The Bertz CT molecular complexity index is 755. The summed E-state index contributed by atoms with van der Waals surface area (Å²) in [5.41, 5.74) is 1.10. The lowest BCUT2D eigenvalue weighted by atomic mass is 10.1. The van der Waals surface area contributed by atoms with Gasteiger partial charge in [0.25, 0.3) is 5.91 Å². The SMILES string of the molecule is CCCCNC(=O)c1cccc(CS(=O)(=O)c2ccccc2)c1. The number of amides is 1. The molecule has 2 aromatic carbocycles. The van der Waals surface area contributed by atoms with E-state index in [0.717, 1.165) is 12.8 Å². The highest BCUT2D eigenvalue weighted by molar-refractivity contribution is 7.90. The maximum Gasteiger partial charge on any atom is 0.251 e. The molecule has 5 heteroatoms. The summed E-state index contributed by atoms with van der Waals surface area (Å²) in [4.78, 5) is 12.3. The van der Waals surface area contributed by atoms with Gasteiger partial charge in [-0.1, -0.05) is 43.7 Å². The fourth-order valence-electron chi connectivity index (χ4n) is 2.21. The van der Waals surface area contributed by atoms with E-state index in [2.05, 4.69) is 12.2 Å². The van der Waals surface area contributed by atoms with Gasteiger partial charge in [-0.25, -0.2) is 8.42 Å². The Labute approximate surface area is 137 Å². The molecule has 0 aliphatic rings. The van der Waals surface area contributed by atoms with Gasteiger partial charge in [0.1, 0.15) is 0 Å². The van der Waals surface area contributed by atoms with Crippen LogP contribution in [-0.4, -0.2) is 20.9 Å². The van der Waals surface area contributed by atoms with Crippen molar-refractivity contribution < 1.29 is 13.2 Å². The molecule has 1 N–H and O–H groups in total. The van der Waals surface area contributed by atoms with Crippen LogP contribution in [0, 0.1) is 0 Å². The third-order valence-corrected chi connectivity index (χ3v) is 5.17. The van der Waals surface area contributed by atoms with Crippen LogP contribution in [0.2, 0.25) is 0 Å². The first-order valence-corrected chi connectivity index (χ1v) is 9.33. The molecular weight excluding hydrogens is 310 g/mol. The third-order valence-electron chi connectivity index (χ3n) is 3.46. The molecule has 0 heterocycles. The van der Waals surface area contributed by atoms with E-state index >= 15 is 0 Å². The van der Waals surface area contributed by atoms with Crippen LogP contribution >= 0.6 is 0 Å². The molecule has 122 valence electrons. The van der Waals surface area contributed by atoms with Gasteiger partial charge in [0.05, 0.1) is 10.6 Å². The van der Waals surface area contributed by atoms with Crippen molar-refractivity contribution in [2.24, 2.45) is 0 Å². The predicted octanol–water partition coefficient (Wildman–Crippen LogP) is 3.19. The smallest absolute Gasteiger partial charge is 0.251 e.